The number of hydrogen-bond acceptors (Lipinski definition) is 5. The third-order valence-corrected chi connectivity index (χ3v) is 2.47. The van der Waals surface area contributed by atoms with Crippen LogP contribution in [0.4, 0.5) is 4.79 Å². The van der Waals surface area contributed by atoms with Crippen molar-refractivity contribution in [2.75, 3.05) is 27.4 Å². The highest BCUT2D eigenvalue weighted by atomic mass is 16.6. The van der Waals surface area contributed by atoms with Gasteiger partial charge in [0.2, 0.25) is 0 Å². The topological polar surface area (TPSA) is 65.1 Å². The maximum absolute atomic E-state index is 12.1. The van der Waals surface area contributed by atoms with E-state index in [2.05, 4.69) is 0 Å². The number of nitrogens with zero attached hydrogens (tertiary/aromatic N) is 1. The van der Waals surface area contributed by atoms with Gasteiger partial charge in [0.1, 0.15) is 11.3 Å². The summed E-state index contributed by atoms with van der Waals surface area (Å²) in [5, 5.41) is 0. The molecule has 0 bridgehead atoms. The van der Waals surface area contributed by atoms with E-state index in [4.69, 9.17) is 14.2 Å². The Kier molecular flexibility index (Phi) is 5.33. The van der Waals surface area contributed by atoms with Crippen molar-refractivity contribution in [3.05, 3.63) is 23.4 Å². The average molecular weight is 283 g/mol. The van der Waals surface area contributed by atoms with Gasteiger partial charge in [-0.3, -0.25) is 4.90 Å². The van der Waals surface area contributed by atoms with Crippen LogP contribution in [0.5, 0.6) is 0 Å². The van der Waals surface area contributed by atoms with Gasteiger partial charge in [0.05, 0.1) is 13.7 Å². The lowest BCUT2D eigenvalue weighted by molar-refractivity contribution is -0.137. The number of carbonyl (C=O) groups is 2. The predicted molar refractivity (Wildman–Crippen MR) is 73.0 cm³/mol. The quantitative estimate of drug-likeness (QED) is 0.740. The number of methoxy groups -OCH3 is 2. The molecule has 1 amide bonds. The van der Waals surface area contributed by atoms with Crippen LogP contribution in [-0.4, -0.2) is 49.9 Å². The van der Waals surface area contributed by atoms with E-state index in [1.807, 2.05) is 0 Å². The van der Waals surface area contributed by atoms with E-state index in [0.717, 1.165) is 5.57 Å². The van der Waals surface area contributed by atoms with Crippen LogP contribution in [0.3, 0.4) is 0 Å². The van der Waals surface area contributed by atoms with Crippen molar-refractivity contribution in [1.82, 2.24) is 4.90 Å². The lowest BCUT2D eigenvalue weighted by atomic mass is 10.1. The largest absolute Gasteiger partial charge is 0.464 e. The Labute approximate surface area is 119 Å². The normalized spacial score (nSPS) is 15.3. The molecule has 0 saturated carbocycles. The highest BCUT2D eigenvalue weighted by Gasteiger charge is 2.30. The number of esters is 1. The molecule has 1 aliphatic rings. The lowest BCUT2D eigenvalue weighted by Crippen LogP contribution is -2.40. The molecule has 6 heteroatoms. The Morgan fingerprint density at radius 3 is 2.45 bits per heavy atom. The zero-order valence-electron chi connectivity index (χ0n) is 12.6. The number of ether oxygens (including phenoxy) is 3. The average Bonchev–Trinajstić information content (AvgIpc) is 2.36. The molecule has 0 aromatic rings. The Morgan fingerprint density at radius 2 is 1.95 bits per heavy atom. The number of carbonyl (C=O) groups excluding carboxylic acids is 2. The molecule has 20 heavy (non-hydrogen) atoms. The van der Waals surface area contributed by atoms with E-state index in [-0.39, 0.29) is 12.2 Å². The van der Waals surface area contributed by atoms with Gasteiger partial charge in [-0.15, -0.1) is 0 Å². The zero-order valence-corrected chi connectivity index (χ0v) is 12.6. The van der Waals surface area contributed by atoms with Gasteiger partial charge in [-0.2, -0.15) is 0 Å². The van der Waals surface area contributed by atoms with Gasteiger partial charge < -0.3 is 14.2 Å². The van der Waals surface area contributed by atoms with E-state index < -0.39 is 17.7 Å². The Bertz CT molecular complexity index is 445. The first-order chi connectivity index (χ1) is 9.28. The van der Waals surface area contributed by atoms with Gasteiger partial charge in [0, 0.05) is 13.7 Å². The molecule has 0 spiro atoms. The van der Waals surface area contributed by atoms with Crippen molar-refractivity contribution >= 4 is 12.1 Å². The standard InChI is InChI=1S/C14H21NO5/c1-14(2,3)20-13(17)15-7-6-10(9-18-4)8-11(15)12(16)19-5/h6,8H,7,9H2,1-5H3. The van der Waals surface area contributed by atoms with Gasteiger partial charge in [0.15, 0.2) is 0 Å². The van der Waals surface area contributed by atoms with E-state index in [1.165, 1.54) is 12.0 Å². The fourth-order valence-corrected chi connectivity index (χ4v) is 1.65. The molecule has 0 saturated heterocycles. The molecule has 0 aromatic carbocycles. The zero-order chi connectivity index (χ0) is 15.3. The maximum Gasteiger partial charge on any atom is 0.415 e. The van der Waals surface area contributed by atoms with Crippen LogP contribution in [0.1, 0.15) is 20.8 Å². The van der Waals surface area contributed by atoms with Crippen molar-refractivity contribution < 1.29 is 23.8 Å². The van der Waals surface area contributed by atoms with Crippen molar-refractivity contribution in [2.24, 2.45) is 0 Å². The third kappa shape index (κ3) is 4.38. The first-order valence-corrected chi connectivity index (χ1v) is 6.27. The molecule has 1 rings (SSSR count). The molecular formula is C14H21NO5. The monoisotopic (exact) mass is 283 g/mol. The summed E-state index contributed by atoms with van der Waals surface area (Å²) in [7, 11) is 2.83. The van der Waals surface area contributed by atoms with Crippen LogP contribution in [0.15, 0.2) is 23.4 Å². The molecule has 0 aromatic heterocycles. The molecule has 0 fully saturated rings. The van der Waals surface area contributed by atoms with Crippen LogP contribution in [-0.2, 0) is 19.0 Å². The smallest absolute Gasteiger partial charge is 0.415 e. The maximum atomic E-state index is 12.1. The van der Waals surface area contributed by atoms with Crippen LogP contribution in [0, 0.1) is 0 Å². The van der Waals surface area contributed by atoms with Crippen LogP contribution in [0.2, 0.25) is 0 Å². The van der Waals surface area contributed by atoms with Crippen molar-refractivity contribution in [2.45, 2.75) is 26.4 Å². The first kappa shape index (κ1) is 16.2. The summed E-state index contributed by atoms with van der Waals surface area (Å²) < 4.78 is 15.0. The predicted octanol–water partition coefficient (Wildman–Crippen LogP) is 1.87. The molecular weight excluding hydrogens is 262 g/mol. The Hall–Kier alpha value is -1.82. The number of rotatable bonds is 3. The summed E-state index contributed by atoms with van der Waals surface area (Å²) in [6.45, 7) is 5.91. The van der Waals surface area contributed by atoms with Crippen molar-refractivity contribution in [3.8, 4) is 0 Å². The number of hydrogen-bond donors (Lipinski definition) is 0. The summed E-state index contributed by atoms with van der Waals surface area (Å²) in [5.41, 5.74) is 0.332. The van der Waals surface area contributed by atoms with Crippen LogP contribution >= 0.6 is 0 Å². The van der Waals surface area contributed by atoms with Crippen molar-refractivity contribution in [1.29, 1.82) is 0 Å². The van der Waals surface area contributed by atoms with E-state index in [9.17, 15) is 9.59 Å². The number of amides is 1. The van der Waals surface area contributed by atoms with Crippen LogP contribution in [0.25, 0.3) is 0 Å². The summed E-state index contributed by atoms with van der Waals surface area (Å²) in [4.78, 5) is 25.1. The minimum absolute atomic E-state index is 0.149. The molecule has 0 aliphatic carbocycles. The highest BCUT2D eigenvalue weighted by molar-refractivity contribution is 5.93. The fraction of sp³-hybridized carbons (Fsp3) is 0.571. The van der Waals surface area contributed by atoms with Crippen molar-refractivity contribution in [3.63, 3.8) is 0 Å². The van der Waals surface area contributed by atoms with Gasteiger partial charge in [-0.1, -0.05) is 6.08 Å². The van der Waals surface area contributed by atoms with E-state index in [1.54, 1.807) is 40.0 Å². The second-order valence-corrected chi connectivity index (χ2v) is 5.32. The van der Waals surface area contributed by atoms with Gasteiger partial charge in [-0.05, 0) is 32.4 Å². The minimum Gasteiger partial charge on any atom is -0.464 e. The molecule has 112 valence electrons. The van der Waals surface area contributed by atoms with Gasteiger partial charge in [-0.25, -0.2) is 9.59 Å². The Morgan fingerprint density at radius 1 is 1.30 bits per heavy atom. The van der Waals surface area contributed by atoms with E-state index >= 15 is 0 Å². The molecule has 0 unspecified atom stereocenters. The molecule has 1 aliphatic heterocycles. The Balaban J connectivity index is 2.95. The molecule has 0 N–H and O–H groups in total. The third-order valence-electron chi connectivity index (χ3n) is 2.47. The SMILES string of the molecule is COCC1=CCN(C(=O)OC(C)(C)C)C(C(=O)OC)=C1. The minimum atomic E-state index is -0.630. The molecule has 0 radical (unpaired) electrons. The second kappa shape index (κ2) is 6.56. The summed E-state index contributed by atoms with van der Waals surface area (Å²) >= 11 is 0. The highest BCUT2D eigenvalue weighted by Crippen LogP contribution is 2.20. The van der Waals surface area contributed by atoms with Gasteiger partial charge in [0.25, 0.3) is 0 Å². The second-order valence-electron chi connectivity index (χ2n) is 5.32. The van der Waals surface area contributed by atoms with Gasteiger partial charge >= 0.3 is 12.1 Å². The molecule has 6 nitrogen and oxygen atoms in total. The summed E-state index contributed by atoms with van der Waals surface area (Å²) in [5.74, 6) is -0.586. The molecule has 0 atom stereocenters. The van der Waals surface area contributed by atoms with E-state index in [0.29, 0.717) is 6.61 Å². The summed E-state index contributed by atoms with van der Waals surface area (Å²) in [6.07, 6.45) is 2.80. The fourth-order valence-electron chi connectivity index (χ4n) is 1.65. The summed E-state index contributed by atoms with van der Waals surface area (Å²) in [6, 6.07) is 0. The first-order valence-electron chi connectivity index (χ1n) is 6.27. The van der Waals surface area contributed by atoms with Crippen LogP contribution < -0.4 is 0 Å². The molecule has 1 heterocycles. The lowest BCUT2D eigenvalue weighted by Gasteiger charge is -2.29.